The average molecular weight is 353 g/mol. The van der Waals surface area contributed by atoms with Crippen LogP contribution in [-0.2, 0) is 4.79 Å². The number of nitrogens with one attached hydrogen (secondary N) is 1. The third kappa shape index (κ3) is 3.09. The number of amides is 1. The van der Waals surface area contributed by atoms with Gasteiger partial charge in [0, 0.05) is 18.6 Å². The van der Waals surface area contributed by atoms with Gasteiger partial charge in [-0.2, -0.15) is 0 Å². The van der Waals surface area contributed by atoms with E-state index in [2.05, 4.69) is 26.1 Å². The molecule has 2 aliphatic rings. The minimum atomic E-state index is -0.454. The van der Waals surface area contributed by atoms with Gasteiger partial charge in [-0.15, -0.1) is 0 Å². The molecule has 0 aliphatic carbocycles. The number of rotatable bonds is 3. The first-order chi connectivity index (χ1) is 10.2. The highest BCUT2D eigenvalue weighted by molar-refractivity contribution is 9.10. The van der Waals surface area contributed by atoms with Gasteiger partial charge in [-0.1, -0.05) is 12.1 Å². The molecule has 2 saturated heterocycles. The summed E-state index contributed by atoms with van der Waals surface area (Å²) >= 11 is 3.46. The van der Waals surface area contributed by atoms with E-state index >= 15 is 0 Å². The van der Waals surface area contributed by atoms with Crippen molar-refractivity contribution in [2.45, 2.75) is 44.4 Å². The second-order valence-electron chi connectivity index (χ2n) is 5.81. The van der Waals surface area contributed by atoms with Crippen LogP contribution in [0.25, 0.3) is 0 Å². The molecule has 1 N–H and O–H groups in total. The van der Waals surface area contributed by atoms with Crippen LogP contribution < -0.4 is 10.1 Å². The lowest BCUT2D eigenvalue weighted by Crippen LogP contribution is -2.48. The monoisotopic (exact) mass is 352 g/mol. The summed E-state index contributed by atoms with van der Waals surface area (Å²) in [5, 5.41) is 3.42. The number of para-hydroxylation sites is 1. The predicted molar refractivity (Wildman–Crippen MR) is 85.4 cm³/mol. The zero-order valence-corrected chi connectivity index (χ0v) is 13.8. The first kappa shape index (κ1) is 14.9. The zero-order chi connectivity index (χ0) is 14.8. The number of carbonyl (C=O) groups excluding carboxylic acids is 1. The van der Waals surface area contributed by atoms with Gasteiger partial charge in [-0.05, 0) is 60.8 Å². The van der Waals surface area contributed by atoms with Crippen molar-refractivity contribution in [2.24, 2.45) is 0 Å². The lowest BCUT2D eigenvalue weighted by Gasteiger charge is -2.30. The van der Waals surface area contributed by atoms with Crippen LogP contribution in [0.3, 0.4) is 0 Å². The molecule has 2 heterocycles. The molecule has 114 valence electrons. The van der Waals surface area contributed by atoms with Gasteiger partial charge in [0.05, 0.1) is 4.47 Å². The van der Waals surface area contributed by atoms with Crippen LogP contribution in [0.15, 0.2) is 28.7 Å². The molecule has 2 fully saturated rings. The van der Waals surface area contributed by atoms with Gasteiger partial charge in [-0.3, -0.25) is 4.79 Å². The van der Waals surface area contributed by atoms with E-state index in [0.717, 1.165) is 42.6 Å². The number of benzene rings is 1. The second-order valence-corrected chi connectivity index (χ2v) is 6.67. The van der Waals surface area contributed by atoms with Crippen molar-refractivity contribution < 1.29 is 9.53 Å². The van der Waals surface area contributed by atoms with Gasteiger partial charge in [0.2, 0.25) is 0 Å². The Balaban J connectivity index is 1.71. The quantitative estimate of drug-likeness (QED) is 0.908. The van der Waals surface area contributed by atoms with Crippen LogP contribution in [0.2, 0.25) is 0 Å². The largest absolute Gasteiger partial charge is 0.480 e. The van der Waals surface area contributed by atoms with Crippen LogP contribution in [0.4, 0.5) is 0 Å². The van der Waals surface area contributed by atoms with Crippen molar-refractivity contribution >= 4 is 21.8 Å². The Morgan fingerprint density at radius 3 is 2.90 bits per heavy atom. The molecule has 5 heteroatoms. The molecule has 1 amide bonds. The summed E-state index contributed by atoms with van der Waals surface area (Å²) in [6.07, 6.45) is 2.82. The first-order valence-electron chi connectivity index (χ1n) is 7.61. The summed E-state index contributed by atoms with van der Waals surface area (Å²) in [4.78, 5) is 14.9. The SMILES string of the molecule is CC(Oc1ccccc1Br)C(=O)N1C2CCNCC1CC2. The highest BCUT2D eigenvalue weighted by Crippen LogP contribution is 2.30. The van der Waals surface area contributed by atoms with Crippen LogP contribution >= 0.6 is 15.9 Å². The van der Waals surface area contributed by atoms with Gasteiger partial charge in [-0.25, -0.2) is 0 Å². The topological polar surface area (TPSA) is 41.6 Å². The molecule has 21 heavy (non-hydrogen) atoms. The fourth-order valence-electron chi connectivity index (χ4n) is 3.33. The third-order valence-corrected chi connectivity index (χ3v) is 5.05. The fraction of sp³-hybridized carbons (Fsp3) is 0.562. The Kier molecular flexibility index (Phi) is 4.50. The van der Waals surface area contributed by atoms with Crippen LogP contribution in [-0.4, -0.2) is 42.1 Å². The number of halogens is 1. The molecule has 0 aromatic heterocycles. The summed E-state index contributed by atoms with van der Waals surface area (Å²) < 4.78 is 6.75. The van der Waals surface area contributed by atoms with E-state index in [0.29, 0.717) is 12.1 Å². The molecule has 3 atom stereocenters. The standard InChI is InChI=1S/C16H21BrN2O2/c1-11(21-15-5-3-2-4-14(15)17)16(20)19-12-6-7-13(19)10-18-9-8-12/h2-5,11-13,18H,6-10H2,1H3. The number of hydrogen-bond donors (Lipinski definition) is 1. The van der Waals surface area contributed by atoms with E-state index in [9.17, 15) is 4.79 Å². The van der Waals surface area contributed by atoms with E-state index in [1.165, 1.54) is 0 Å². The molecule has 0 radical (unpaired) electrons. The highest BCUT2D eigenvalue weighted by atomic mass is 79.9. The summed E-state index contributed by atoms with van der Waals surface area (Å²) in [5.41, 5.74) is 0. The van der Waals surface area contributed by atoms with Crippen molar-refractivity contribution in [3.8, 4) is 5.75 Å². The maximum atomic E-state index is 12.8. The molecule has 1 aromatic rings. The highest BCUT2D eigenvalue weighted by Gasteiger charge is 2.40. The molecule has 3 unspecified atom stereocenters. The van der Waals surface area contributed by atoms with Gasteiger partial charge < -0.3 is 15.0 Å². The van der Waals surface area contributed by atoms with E-state index in [1.54, 1.807) is 0 Å². The summed E-state index contributed by atoms with van der Waals surface area (Å²) in [6.45, 7) is 3.76. The fourth-order valence-corrected chi connectivity index (χ4v) is 3.71. The second kappa shape index (κ2) is 6.36. The molecular formula is C16H21BrN2O2. The van der Waals surface area contributed by atoms with Gasteiger partial charge >= 0.3 is 0 Å². The minimum absolute atomic E-state index is 0.113. The van der Waals surface area contributed by atoms with E-state index in [-0.39, 0.29) is 5.91 Å². The number of hydrogen-bond acceptors (Lipinski definition) is 3. The molecule has 4 nitrogen and oxygen atoms in total. The summed E-state index contributed by atoms with van der Waals surface area (Å²) in [6, 6.07) is 8.36. The molecule has 0 saturated carbocycles. The Morgan fingerprint density at radius 1 is 1.33 bits per heavy atom. The predicted octanol–water partition coefficient (Wildman–Crippen LogP) is 2.57. The Morgan fingerprint density at radius 2 is 2.10 bits per heavy atom. The maximum absolute atomic E-state index is 12.8. The Labute approximate surface area is 134 Å². The van der Waals surface area contributed by atoms with Gasteiger partial charge in [0.15, 0.2) is 6.10 Å². The van der Waals surface area contributed by atoms with E-state index in [4.69, 9.17) is 4.74 Å². The van der Waals surface area contributed by atoms with Crippen molar-refractivity contribution in [2.75, 3.05) is 13.1 Å². The van der Waals surface area contributed by atoms with Crippen molar-refractivity contribution in [3.63, 3.8) is 0 Å². The number of carbonyl (C=O) groups is 1. The van der Waals surface area contributed by atoms with E-state index in [1.807, 2.05) is 31.2 Å². The molecule has 1 aromatic carbocycles. The van der Waals surface area contributed by atoms with Crippen LogP contribution in [0.5, 0.6) is 5.75 Å². The molecule has 2 bridgehead atoms. The van der Waals surface area contributed by atoms with Gasteiger partial charge in [0.25, 0.3) is 5.91 Å². The maximum Gasteiger partial charge on any atom is 0.263 e. The van der Waals surface area contributed by atoms with Gasteiger partial charge in [0.1, 0.15) is 5.75 Å². The molecule has 3 rings (SSSR count). The molecule has 0 spiro atoms. The van der Waals surface area contributed by atoms with E-state index < -0.39 is 6.10 Å². The summed E-state index contributed by atoms with van der Waals surface area (Å²) in [5.74, 6) is 0.834. The lowest BCUT2D eigenvalue weighted by molar-refractivity contribution is -0.140. The lowest BCUT2D eigenvalue weighted by atomic mass is 10.1. The number of ether oxygens (including phenoxy) is 1. The summed E-state index contributed by atoms with van der Waals surface area (Å²) in [7, 11) is 0. The number of fused-ring (bicyclic) bond motifs is 2. The smallest absolute Gasteiger partial charge is 0.263 e. The van der Waals surface area contributed by atoms with Crippen molar-refractivity contribution in [1.82, 2.24) is 10.2 Å². The Bertz CT molecular complexity index is 509. The third-order valence-electron chi connectivity index (χ3n) is 4.40. The van der Waals surface area contributed by atoms with Crippen molar-refractivity contribution in [3.05, 3.63) is 28.7 Å². The normalized spacial score (nSPS) is 26.3. The average Bonchev–Trinajstić information content (AvgIpc) is 2.73. The Hall–Kier alpha value is -1.07. The first-order valence-corrected chi connectivity index (χ1v) is 8.40. The van der Waals surface area contributed by atoms with Crippen LogP contribution in [0, 0.1) is 0 Å². The van der Waals surface area contributed by atoms with Crippen LogP contribution in [0.1, 0.15) is 26.2 Å². The minimum Gasteiger partial charge on any atom is -0.480 e. The molecule has 2 aliphatic heterocycles. The van der Waals surface area contributed by atoms with Crippen molar-refractivity contribution in [1.29, 1.82) is 0 Å². The number of nitrogens with zero attached hydrogens (tertiary/aromatic N) is 1. The molecular weight excluding hydrogens is 332 g/mol. The zero-order valence-electron chi connectivity index (χ0n) is 12.2.